The van der Waals surface area contributed by atoms with Gasteiger partial charge in [0.05, 0.1) is 0 Å². The van der Waals surface area contributed by atoms with Gasteiger partial charge in [-0.1, -0.05) is 6.92 Å². The average molecular weight is 219 g/mol. The molecule has 0 aliphatic heterocycles. The minimum atomic E-state index is 0.129. The van der Waals surface area contributed by atoms with Crippen LogP contribution in [0, 0.1) is 6.92 Å². The molecule has 0 aromatic carbocycles. The molecule has 1 N–H and O–H groups in total. The van der Waals surface area contributed by atoms with Gasteiger partial charge in [0.15, 0.2) is 11.9 Å². The maximum absolute atomic E-state index is 11.7. The molecule has 16 heavy (non-hydrogen) atoms. The lowest BCUT2D eigenvalue weighted by molar-refractivity contribution is -0.690. The van der Waals surface area contributed by atoms with Crippen molar-refractivity contribution in [2.45, 2.75) is 45.7 Å². The molecule has 0 atom stereocenters. The number of amides is 1. The molecule has 3 nitrogen and oxygen atoms in total. The quantitative estimate of drug-likeness (QED) is 0.756. The van der Waals surface area contributed by atoms with Crippen LogP contribution in [0.25, 0.3) is 0 Å². The Balaban J connectivity index is 2.03. The molecule has 2 rings (SSSR count). The molecule has 1 saturated carbocycles. The molecule has 1 aliphatic rings. The van der Waals surface area contributed by atoms with Gasteiger partial charge in [-0.15, -0.1) is 0 Å². The van der Waals surface area contributed by atoms with Crippen LogP contribution in [0.2, 0.25) is 0 Å². The molecular formula is C13H19N2O+. The van der Waals surface area contributed by atoms with E-state index in [1.54, 1.807) is 0 Å². The molecule has 1 aliphatic carbocycles. The number of pyridine rings is 1. The molecule has 86 valence electrons. The number of hydrogen-bond donors (Lipinski definition) is 1. The highest BCUT2D eigenvalue weighted by molar-refractivity contribution is 5.75. The first kappa shape index (κ1) is 11.1. The van der Waals surface area contributed by atoms with Crippen LogP contribution in [0.5, 0.6) is 0 Å². The molecule has 3 heteroatoms. The van der Waals surface area contributed by atoms with Crippen LogP contribution < -0.4 is 9.88 Å². The summed E-state index contributed by atoms with van der Waals surface area (Å²) >= 11 is 0. The summed E-state index contributed by atoms with van der Waals surface area (Å²) in [5.74, 6) is 0.129. The number of nitrogens with one attached hydrogen (secondary N) is 1. The van der Waals surface area contributed by atoms with Gasteiger partial charge in [-0.3, -0.25) is 4.79 Å². The Bertz CT molecular complexity index is 397. The summed E-state index contributed by atoms with van der Waals surface area (Å²) in [6, 6.07) is 4.64. The lowest BCUT2D eigenvalue weighted by atomic mass is 10.2. The van der Waals surface area contributed by atoms with Gasteiger partial charge >= 0.3 is 0 Å². The summed E-state index contributed by atoms with van der Waals surface area (Å²) in [6.07, 6.45) is 5.36. The van der Waals surface area contributed by atoms with Crippen LogP contribution in [0.4, 0.5) is 0 Å². The highest BCUT2D eigenvalue weighted by atomic mass is 16.2. The van der Waals surface area contributed by atoms with E-state index in [0.717, 1.165) is 25.0 Å². The largest absolute Gasteiger partial charge is 0.348 e. The fourth-order valence-corrected chi connectivity index (χ4v) is 1.70. The second kappa shape index (κ2) is 4.64. The maximum Gasteiger partial charge on any atom is 0.286 e. The summed E-state index contributed by atoms with van der Waals surface area (Å²) in [6.45, 7) is 4.60. The van der Waals surface area contributed by atoms with Gasteiger partial charge in [-0.2, -0.15) is 4.57 Å². The molecule has 1 amide bonds. The summed E-state index contributed by atoms with van der Waals surface area (Å²) in [5, 5.41) is 3.01. The summed E-state index contributed by atoms with van der Waals surface area (Å²) in [7, 11) is 0. The van der Waals surface area contributed by atoms with E-state index >= 15 is 0 Å². The van der Waals surface area contributed by atoms with Crippen LogP contribution in [0.15, 0.2) is 18.3 Å². The first-order valence-corrected chi connectivity index (χ1v) is 5.97. The maximum atomic E-state index is 11.7. The van der Waals surface area contributed by atoms with Crippen LogP contribution in [-0.2, 0) is 17.8 Å². The van der Waals surface area contributed by atoms with Gasteiger partial charge in [0.25, 0.3) is 5.91 Å². The van der Waals surface area contributed by atoms with E-state index in [1.165, 1.54) is 5.56 Å². The third-order valence-electron chi connectivity index (χ3n) is 2.98. The normalized spacial score (nSPS) is 14.9. The van der Waals surface area contributed by atoms with Gasteiger partial charge < -0.3 is 5.32 Å². The third kappa shape index (κ3) is 2.81. The van der Waals surface area contributed by atoms with E-state index < -0.39 is 0 Å². The topological polar surface area (TPSA) is 33.0 Å². The molecule has 0 saturated heterocycles. The molecule has 0 bridgehead atoms. The molecular weight excluding hydrogens is 200 g/mol. The standard InChI is InChI=1S/C13H18N2O/c1-3-11-5-4-10(2)15(8-11)9-13(16)14-12-6-7-12/h4-5,8,12H,3,6-7,9H2,1-2H3/p+1. The Morgan fingerprint density at radius 1 is 1.50 bits per heavy atom. The van der Waals surface area contributed by atoms with E-state index in [9.17, 15) is 4.79 Å². The molecule has 0 radical (unpaired) electrons. The SMILES string of the molecule is CCc1ccc(C)[n+](CC(=O)NC2CC2)c1. The van der Waals surface area contributed by atoms with Crippen molar-refractivity contribution in [3.63, 3.8) is 0 Å². The fourth-order valence-electron chi connectivity index (χ4n) is 1.70. The molecule has 0 unspecified atom stereocenters. The van der Waals surface area contributed by atoms with Crippen LogP contribution >= 0.6 is 0 Å². The Labute approximate surface area is 96.5 Å². The van der Waals surface area contributed by atoms with Gasteiger partial charge in [-0.25, -0.2) is 0 Å². The van der Waals surface area contributed by atoms with Gasteiger partial charge in [-0.05, 0) is 25.3 Å². The number of carbonyl (C=O) groups excluding carboxylic acids is 1. The second-order valence-electron chi connectivity index (χ2n) is 4.50. The van der Waals surface area contributed by atoms with Crippen molar-refractivity contribution in [3.8, 4) is 0 Å². The smallest absolute Gasteiger partial charge is 0.286 e. The Kier molecular flexibility index (Phi) is 3.22. The lowest BCUT2D eigenvalue weighted by Crippen LogP contribution is -2.45. The fraction of sp³-hybridized carbons (Fsp3) is 0.538. The number of aryl methyl sites for hydroxylation is 2. The average Bonchev–Trinajstić information content (AvgIpc) is 3.05. The Hall–Kier alpha value is -1.38. The van der Waals surface area contributed by atoms with Crippen molar-refractivity contribution in [1.29, 1.82) is 0 Å². The summed E-state index contributed by atoms with van der Waals surface area (Å²) < 4.78 is 2.02. The molecule has 1 fully saturated rings. The van der Waals surface area contributed by atoms with Gasteiger partial charge in [0.1, 0.15) is 0 Å². The van der Waals surface area contributed by atoms with Crippen molar-refractivity contribution in [3.05, 3.63) is 29.6 Å². The van der Waals surface area contributed by atoms with Crippen molar-refractivity contribution in [2.24, 2.45) is 0 Å². The Morgan fingerprint density at radius 2 is 2.25 bits per heavy atom. The van der Waals surface area contributed by atoms with E-state index in [0.29, 0.717) is 12.6 Å². The molecule has 1 aromatic rings. The summed E-state index contributed by atoms with van der Waals surface area (Å²) in [4.78, 5) is 11.7. The zero-order chi connectivity index (χ0) is 11.5. The predicted octanol–water partition coefficient (Wildman–Crippen LogP) is 1.12. The molecule has 0 spiro atoms. The predicted molar refractivity (Wildman–Crippen MR) is 61.9 cm³/mol. The summed E-state index contributed by atoms with van der Waals surface area (Å²) in [5.41, 5.74) is 2.40. The Morgan fingerprint density at radius 3 is 2.88 bits per heavy atom. The highest BCUT2D eigenvalue weighted by Gasteiger charge is 2.25. The van der Waals surface area contributed by atoms with Gasteiger partial charge in [0, 0.05) is 24.6 Å². The van der Waals surface area contributed by atoms with E-state index in [2.05, 4.69) is 30.6 Å². The van der Waals surface area contributed by atoms with Crippen LogP contribution in [0.1, 0.15) is 31.0 Å². The van der Waals surface area contributed by atoms with Crippen molar-refractivity contribution < 1.29 is 9.36 Å². The highest BCUT2D eigenvalue weighted by Crippen LogP contribution is 2.18. The number of carbonyl (C=O) groups is 1. The minimum Gasteiger partial charge on any atom is -0.348 e. The van der Waals surface area contributed by atoms with E-state index in [-0.39, 0.29) is 5.91 Å². The molecule has 1 aromatic heterocycles. The zero-order valence-electron chi connectivity index (χ0n) is 9.99. The number of nitrogens with zero attached hydrogens (tertiary/aromatic N) is 1. The first-order valence-electron chi connectivity index (χ1n) is 5.97. The van der Waals surface area contributed by atoms with Gasteiger partial charge in [0.2, 0.25) is 6.54 Å². The van der Waals surface area contributed by atoms with E-state index in [1.807, 2.05) is 11.5 Å². The van der Waals surface area contributed by atoms with E-state index in [4.69, 9.17) is 0 Å². The second-order valence-corrected chi connectivity index (χ2v) is 4.50. The molecule has 1 heterocycles. The third-order valence-corrected chi connectivity index (χ3v) is 2.98. The number of aromatic nitrogens is 1. The number of rotatable bonds is 4. The zero-order valence-corrected chi connectivity index (χ0v) is 9.99. The van der Waals surface area contributed by atoms with Crippen molar-refractivity contribution >= 4 is 5.91 Å². The number of hydrogen-bond acceptors (Lipinski definition) is 1. The van der Waals surface area contributed by atoms with Crippen molar-refractivity contribution in [2.75, 3.05) is 0 Å². The minimum absolute atomic E-state index is 0.129. The van der Waals surface area contributed by atoms with Crippen molar-refractivity contribution in [1.82, 2.24) is 5.32 Å². The lowest BCUT2D eigenvalue weighted by Gasteiger charge is -2.03. The van der Waals surface area contributed by atoms with Crippen LogP contribution in [0.3, 0.4) is 0 Å². The first-order chi connectivity index (χ1) is 7.69. The monoisotopic (exact) mass is 219 g/mol. The van der Waals surface area contributed by atoms with Crippen LogP contribution in [-0.4, -0.2) is 11.9 Å².